The van der Waals surface area contributed by atoms with E-state index in [2.05, 4.69) is 20.5 Å². The van der Waals surface area contributed by atoms with E-state index < -0.39 is 11.5 Å². The van der Waals surface area contributed by atoms with E-state index in [9.17, 15) is 9.59 Å². The van der Waals surface area contributed by atoms with E-state index in [0.29, 0.717) is 18.0 Å². The fourth-order valence-corrected chi connectivity index (χ4v) is 4.88. The average Bonchev–Trinajstić information content (AvgIpc) is 3.52. The Kier molecular flexibility index (Phi) is 6.68. The van der Waals surface area contributed by atoms with Gasteiger partial charge in [0.15, 0.2) is 11.0 Å². The zero-order valence-electron chi connectivity index (χ0n) is 18.5. The van der Waals surface area contributed by atoms with E-state index in [0.717, 1.165) is 35.9 Å². The summed E-state index contributed by atoms with van der Waals surface area (Å²) in [7, 11) is 0. The molecule has 4 aromatic rings. The maximum Gasteiger partial charge on any atom is 0.270 e. The van der Waals surface area contributed by atoms with Crippen molar-refractivity contribution in [1.29, 1.82) is 0 Å². The fraction of sp³-hybridized carbons (Fsp3) is 0.292. The lowest BCUT2D eigenvalue weighted by atomic mass is 10.2. The third-order valence-electron chi connectivity index (χ3n) is 5.66. The summed E-state index contributed by atoms with van der Waals surface area (Å²) in [6.45, 7) is 1.52. The molecule has 1 unspecified atom stereocenters. The van der Waals surface area contributed by atoms with Crippen LogP contribution in [0.1, 0.15) is 34.6 Å². The first-order valence-electron chi connectivity index (χ1n) is 11.1. The van der Waals surface area contributed by atoms with Crippen LogP contribution in [0.15, 0.2) is 70.9 Å². The number of carbonyl (C=O) groups excluding carboxylic acids is 1. The molecule has 1 amide bonds. The van der Waals surface area contributed by atoms with Crippen LogP contribution in [0.5, 0.6) is 0 Å². The second-order valence-electron chi connectivity index (χ2n) is 8.01. The molecule has 1 fully saturated rings. The lowest BCUT2D eigenvalue weighted by molar-refractivity contribution is 0.0947. The number of rotatable bonds is 8. The Balaban J connectivity index is 1.34. The van der Waals surface area contributed by atoms with E-state index in [4.69, 9.17) is 4.74 Å². The van der Waals surface area contributed by atoms with Gasteiger partial charge in [0.05, 0.1) is 19.2 Å². The minimum absolute atomic E-state index is 0.0224. The molecule has 5 rings (SSSR count). The van der Waals surface area contributed by atoms with Gasteiger partial charge >= 0.3 is 0 Å². The Bertz CT molecular complexity index is 1350. The molecule has 1 saturated heterocycles. The molecule has 3 aromatic heterocycles. The summed E-state index contributed by atoms with van der Waals surface area (Å²) in [6.07, 6.45) is 5.27. The molecule has 1 aliphatic rings. The van der Waals surface area contributed by atoms with Crippen LogP contribution in [0.2, 0.25) is 0 Å². The molecule has 0 bridgehead atoms. The number of pyridine rings is 1. The number of aromatic nitrogens is 5. The van der Waals surface area contributed by atoms with Crippen molar-refractivity contribution >= 4 is 23.3 Å². The van der Waals surface area contributed by atoms with Gasteiger partial charge in [0.2, 0.25) is 0 Å². The summed E-state index contributed by atoms with van der Waals surface area (Å²) in [5.74, 6) is 0.915. The van der Waals surface area contributed by atoms with Gasteiger partial charge in [0.1, 0.15) is 11.2 Å². The van der Waals surface area contributed by atoms with Gasteiger partial charge in [-0.2, -0.15) is 0 Å². The highest BCUT2D eigenvalue weighted by molar-refractivity contribution is 7.99. The minimum atomic E-state index is -0.501. The fourth-order valence-electron chi connectivity index (χ4n) is 3.86. The molecule has 4 heterocycles. The summed E-state index contributed by atoms with van der Waals surface area (Å²) in [5.41, 5.74) is 1.15. The van der Waals surface area contributed by atoms with E-state index in [1.54, 1.807) is 36.2 Å². The van der Waals surface area contributed by atoms with Gasteiger partial charge in [-0.25, -0.2) is 4.98 Å². The lowest BCUT2D eigenvalue weighted by Crippen LogP contribution is -2.32. The van der Waals surface area contributed by atoms with Crippen LogP contribution >= 0.6 is 11.8 Å². The first kappa shape index (κ1) is 22.3. The summed E-state index contributed by atoms with van der Waals surface area (Å²) in [6, 6.07) is 15.2. The second kappa shape index (κ2) is 10.2. The molecule has 0 radical (unpaired) electrons. The monoisotopic (exact) mass is 476 g/mol. The molecule has 174 valence electrons. The van der Waals surface area contributed by atoms with Crippen LogP contribution in [0, 0.1) is 0 Å². The van der Waals surface area contributed by atoms with E-state index in [-0.39, 0.29) is 18.2 Å². The molecule has 0 spiro atoms. The number of fused-ring (bicyclic) bond motifs is 1. The van der Waals surface area contributed by atoms with Crippen molar-refractivity contribution in [3.63, 3.8) is 0 Å². The third-order valence-corrected chi connectivity index (χ3v) is 6.76. The van der Waals surface area contributed by atoms with Gasteiger partial charge in [-0.05, 0) is 30.5 Å². The number of amides is 1. The first-order chi connectivity index (χ1) is 16.7. The standard InChI is InChI=1S/C24H24N6O3S/c31-22(19-13-25-20-10-4-5-11-29(20)23(19)32)26-14-21-27-28-24(34-16-18-9-6-12-33-18)30(21)15-17-7-2-1-3-8-17/h1-5,7-8,10-11,13,18H,6,9,12,14-16H2,(H,26,31). The Morgan fingerprint density at radius 3 is 2.82 bits per heavy atom. The van der Waals surface area contributed by atoms with Crippen LogP contribution in [0.3, 0.4) is 0 Å². The van der Waals surface area contributed by atoms with Crippen molar-refractivity contribution in [2.45, 2.75) is 37.2 Å². The molecule has 1 atom stereocenters. The smallest absolute Gasteiger partial charge is 0.270 e. The minimum Gasteiger partial charge on any atom is -0.377 e. The highest BCUT2D eigenvalue weighted by Gasteiger charge is 2.20. The molecule has 0 saturated carbocycles. The number of nitrogens with one attached hydrogen (secondary N) is 1. The average molecular weight is 477 g/mol. The number of nitrogens with zero attached hydrogens (tertiary/aromatic N) is 5. The normalized spacial score (nSPS) is 15.6. The highest BCUT2D eigenvalue weighted by atomic mass is 32.2. The summed E-state index contributed by atoms with van der Waals surface area (Å²) >= 11 is 1.61. The Morgan fingerprint density at radius 1 is 1.15 bits per heavy atom. The van der Waals surface area contributed by atoms with Crippen molar-refractivity contribution in [1.82, 2.24) is 29.5 Å². The largest absolute Gasteiger partial charge is 0.377 e. The summed E-state index contributed by atoms with van der Waals surface area (Å²) in [4.78, 5) is 29.7. The number of carbonyl (C=O) groups is 1. The lowest BCUT2D eigenvalue weighted by Gasteiger charge is -2.12. The van der Waals surface area contributed by atoms with Crippen LogP contribution in [-0.2, 0) is 17.8 Å². The second-order valence-corrected chi connectivity index (χ2v) is 8.99. The van der Waals surface area contributed by atoms with E-state index in [1.807, 2.05) is 34.9 Å². The maximum atomic E-state index is 12.8. The topological polar surface area (TPSA) is 103 Å². The highest BCUT2D eigenvalue weighted by Crippen LogP contribution is 2.24. The Morgan fingerprint density at radius 2 is 2.00 bits per heavy atom. The van der Waals surface area contributed by atoms with Crippen LogP contribution < -0.4 is 10.9 Å². The van der Waals surface area contributed by atoms with Crippen molar-refractivity contribution in [2.75, 3.05) is 12.4 Å². The molecule has 0 aliphatic carbocycles. The quantitative estimate of drug-likeness (QED) is 0.390. The van der Waals surface area contributed by atoms with Gasteiger partial charge < -0.3 is 14.6 Å². The van der Waals surface area contributed by atoms with Gasteiger partial charge in [-0.3, -0.25) is 14.0 Å². The maximum absolute atomic E-state index is 12.8. The van der Waals surface area contributed by atoms with E-state index in [1.165, 1.54) is 10.6 Å². The van der Waals surface area contributed by atoms with Gasteiger partial charge in [-0.15, -0.1) is 10.2 Å². The van der Waals surface area contributed by atoms with Crippen LogP contribution in [-0.4, -0.2) is 48.5 Å². The number of hydrogen-bond donors (Lipinski definition) is 1. The Labute approximate surface area is 200 Å². The molecule has 10 heteroatoms. The van der Waals surface area contributed by atoms with Crippen molar-refractivity contribution in [3.05, 3.63) is 88.2 Å². The van der Waals surface area contributed by atoms with Gasteiger partial charge in [0, 0.05) is 24.8 Å². The summed E-state index contributed by atoms with van der Waals surface area (Å²) in [5, 5.41) is 12.3. The zero-order chi connectivity index (χ0) is 23.3. The molecule has 1 aromatic carbocycles. The first-order valence-corrected chi connectivity index (χ1v) is 12.1. The molecule has 34 heavy (non-hydrogen) atoms. The predicted molar refractivity (Wildman–Crippen MR) is 128 cm³/mol. The SMILES string of the molecule is O=C(NCc1nnc(SCC2CCCO2)n1Cc1ccccc1)c1cnc2ccccn2c1=O. The van der Waals surface area contributed by atoms with Gasteiger partial charge in [0.25, 0.3) is 11.5 Å². The molecular weight excluding hydrogens is 452 g/mol. The Hall–Kier alpha value is -3.50. The molecule has 1 aliphatic heterocycles. The number of thioether (sulfide) groups is 1. The predicted octanol–water partition coefficient (Wildman–Crippen LogP) is 2.54. The zero-order valence-corrected chi connectivity index (χ0v) is 19.3. The van der Waals surface area contributed by atoms with Gasteiger partial charge in [-0.1, -0.05) is 48.2 Å². The summed E-state index contributed by atoms with van der Waals surface area (Å²) < 4.78 is 9.09. The number of ether oxygens (including phenoxy) is 1. The van der Waals surface area contributed by atoms with Crippen molar-refractivity contribution in [3.8, 4) is 0 Å². The third kappa shape index (κ3) is 4.87. The molecular formula is C24H24N6O3S. The van der Waals surface area contributed by atoms with E-state index >= 15 is 0 Å². The molecule has 1 N–H and O–H groups in total. The number of hydrogen-bond acceptors (Lipinski definition) is 7. The molecule has 9 nitrogen and oxygen atoms in total. The van der Waals surface area contributed by atoms with Crippen LogP contribution in [0.25, 0.3) is 5.65 Å². The number of benzene rings is 1. The van der Waals surface area contributed by atoms with Crippen molar-refractivity contribution in [2.24, 2.45) is 0 Å². The van der Waals surface area contributed by atoms with Crippen molar-refractivity contribution < 1.29 is 9.53 Å². The van der Waals surface area contributed by atoms with Crippen LogP contribution in [0.4, 0.5) is 0 Å².